The predicted octanol–water partition coefficient (Wildman–Crippen LogP) is 3.83. The number of fused-ring (bicyclic) bond motifs is 2. The van der Waals surface area contributed by atoms with Gasteiger partial charge < -0.3 is 10.1 Å². The number of amides is 1. The number of nitrogens with zero attached hydrogens (tertiary/aromatic N) is 5. The number of nitrogens with one attached hydrogen (secondary N) is 1. The summed E-state index contributed by atoms with van der Waals surface area (Å²) < 4.78 is 7.03. The monoisotopic (exact) mass is 516 g/mol. The summed E-state index contributed by atoms with van der Waals surface area (Å²) in [4.78, 5) is 41.0. The van der Waals surface area contributed by atoms with E-state index in [9.17, 15) is 9.59 Å². The molecule has 0 unspecified atom stereocenters. The van der Waals surface area contributed by atoms with Gasteiger partial charge in [-0.3, -0.25) is 14.6 Å². The van der Waals surface area contributed by atoms with Crippen molar-refractivity contribution in [3.63, 3.8) is 0 Å². The summed E-state index contributed by atoms with van der Waals surface area (Å²) in [6.07, 6.45) is 2.32. The summed E-state index contributed by atoms with van der Waals surface area (Å²) in [5.74, 6) is -0.415. The average molecular weight is 517 g/mol. The molecule has 5 aromatic rings. The quantitative estimate of drug-likeness (QED) is 0.380. The van der Waals surface area contributed by atoms with Gasteiger partial charge in [0.05, 0.1) is 18.4 Å². The molecule has 0 saturated carbocycles. The summed E-state index contributed by atoms with van der Waals surface area (Å²) in [6, 6.07) is 22.7. The van der Waals surface area contributed by atoms with Gasteiger partial charge in [0.1, 0.15) is 11.3 Å². The number of aliphatic imine (C=N–C) groups is 1. The molecule has 2 aromatic carbocycles. The SMILES string of the molecule is COc1nc(C)ccc1-c1nn2cccnc2c1C(=O)N[C@H]1N=C(c2ccccc2)c2ccccc2CC1=O. The Morgan fingerprint density at radius 3 is 2.62 bits per heavy atom. The number of ether oxygens (including phenoxy) is 1. The molecule has 0 bridgehead atoms. The van der Waals surface area contributed by atoms with Crippen LogP contribution in [0.5, 0.6) is 5.88 Å². The molecule has 0 spiro atoms. The van der Waals surface area contributed by atoms with Crippen molar-refractivity contribution in [3.05, 3.63) is 113 Å². The number of ketones is 1. The molecular weight excluding hydrogens is 492 g/mol. The number of Topliss-reactive ketones (excluding diaryl/α,β-unsaturated/α-hetero) is 1. The van der Waals surface area contributed by atoms with Gasteiger partial charge in [0.15, 0.2) is 17.6 Å². The Labute approximate surface area is 224 Å². The summed E-state index contributed by atoms with van der Waals surface area (Å²) in [5, 5.41) is 7.49. The average Bonchev–Trinajstić information content (AvgIpc) is 3.29. The largest absolute Gasteiger partial charge is 0.480 e. The molecule has 192 valence electrons. The van der Waals surface area contributed by atoms with Crippen molar-refractivity contribution in [1.82, 2.24) is 24.9 Å². The van der Waals surface area contributed by atoms with Gasteiger partial charge in [-0.15, -0.1) is 0 Å². The maximum atomic E-state index is 13.9. The molecule has 0 saturated heterocycles. The Morgan fingerprint density at radius 2 is 1.79 bits per heavy atom. The molecule has 1 atom stereocenters. The van der Waals surface area contributed by atoms with Gasteiger partial charge in [-0.25, -0.2) is 14.5 Å². The van der Waals surface area contributed by atoms with Gasteiger partial charge >= 0.3 is 0 Å². The number of rotatable bonds is 5. The molecule has 9 heteroatoms. The number of benzene rings is 2. The lowest BCUT2D eigenvalue weighted by atomic mass is 9.96. The summed E-state index contributed by atoms with van der Waals surface area (Å²) >= 11 is 0. The van der Waals surface area contributed by atoms with Gasteiger partial charge in [-0.1, -0.05) is 54.6 Å². The van der Waals surface area contributed by atoms with Crippen molar-refractivity contribution in [2.45, 2.75) is 19.5 Å². The molecule has 0 aliphatic carbocycles. The lowest BCUT2D eigenvalue weighted by Crippen LogP contribution is -2.40. The molecule has 3 aromatic heterocycles. The minimum Gasteiger partial charge on any atom is -0.480 e. The Morgan fingerprint density at radius 1 is 1.00 bits per heavy atom. The van der Waals surface area contributed by atoms with E-state index in [-0.39, 0.29) is 17.8 Å². The van der Waals surface area contributed by atoms with Crippen LogP contribution in [0.1, 0.15) is 32.7 Å². The molecule has 1 N–H and O–H groups in total. The van der Waals surface area contributed by atoms with Gasteiger partial charge in [0.25, 0.3) is 5.91 Å². The maximum absolute atomic E-state index is 13.9. The van der Waals surface area contributed by atoms with E-state index >= 15 is 0 Å². The molecule has 39 heavy (non-hydrogen) atoms. The normalized spacial score (nSPS) is 14.9. The number of carbonyl (C=O) groups excluding carboxylic acids is 2. The van der Waals surface area contributed by atoms with Crippen LogP contribution in [0.2, 0.25) is 0 Å². The Balaban J connectivity index is 1.46. The lowest BCUT2D eigenvalue weighted by Gasteiger charge is -2.14. The number of carbonyl (C=O) groups is 2. The third-order valence-electron chi connectivity index (χ3n) is 6.59. The van der Waals surface area contributed by atoms with Gasteiger partial charge in [0.2, 0.25) is 5.88 Å². The predicted molar refractivity (Wildman–Crippen MR) is 146 cm³/mol. The summed E-state index contributed by atoms with van der Waals surface area (Å²) in [6.45, 7) is 1.85. The second-order valence-electron chi connectivity index (χ2n) is 9.14. The van der Waals surface area contributed by atoms with Crippen LogP contribution in [-0.2, 0) is 11.2 Å². The highest BCUT2D eigenvalue weighted by atomic mass is 16.5. The highest BCUT2D eigenvalue weighted by Gasteiger charge is 2.31. The highest BCUT2D eigenvalue weighted by molar-refractivity contribution is 6.16. The van der Waals surface area contributed by atoms with Crippen molar-refractivity contribution >= 4 is 23.0 Å². The summed E-state index contributed by atoms with van der Waals surface area (Å²) in [7, 11) is 1.51. The van der Waals surface area contributed by atoms with E-state index in [0.717, 1.165) is 22.4 Å². The molecule has 1 aliphatic heterocycles. The highest BCUT2D eigenvalue weighted by Crippen LogP contribution is 2.32. The number of methoxy groups -OCH3 is 1. The van der Waals surface area contributed by atoms with Crippen LogP contribution in [0.25, 0.3) is 16.9 Å². The lowest BCUT2D eigenvalue weighted by molar-refractivity contribution is -0.120. The van der Waals surface area contributed by atoms with E-state index in [1.54, 1.807) is 24.5 Å². The van der Waals surface area contributed by atoms with E-state index in [1.165, 1.54) is 11.6 Å². The zero-order chi connectivity index (χ0) is 26.9. The van der Waals surface area contributed by atoms with Crippen LogP contribution in [-0.4, -0.2) is 50.3 Å². The second-order valence-corrected chi connectivity index (χ2v) is 9.14. The molecule has 4 heterocycles. The van der Waals surface area contributed by atoms with Crippen molar-refractivity contribution in [3.8, 4) is 17.1 Å². The van der Waals surface area contributed by atoms with Crippen LogP contribution < -0.4 is 10.1 Å². The first-order valence-electron chi connectivity index (χ1n) is 12.4. The van der Waals surface area contributed by atoms with Crippen LogP contribution in [0.4, 0.5) is 0 Å². The first-order valence-corrected chi connectivity index (χ1v) is 12.4. The molecule has 1 aliphatic rings. The third-order valence-corrected chi connectivity index (χ3v) is 6.59. The fraction of sp³-hybridized carbons (Fsp3) is 0.133. The summed E-state index contributed by atoms with van der Waals surface area (Å²) in [5.41, 5.74) is 5.39. The Bertz CT molecular complexity index is 1760. The Hall–Kier alpha value is -5.18. The minimum absolute atomic E-state index is 0.135. The minimum atomic E-state index is -1.11. The van der Waals surface area contributed by atoms with E-state index in [1.807, 2.05) is 67.6 Å². The fourth-order valence-electron chi connectivity index (χ4n) is 4.75. The van der Waals surface area contributed by atoms with Crippen molar-refractivity contribution in [1.29, 1.82) is 0 Å². The number of hydrogen-bond acceptors (Lipinski definition) is 7. The number of aryl methyl sites for hydroxylation is 1. The van der Waals surface area contributed by atoms with E-state index < -0.39 is 12.1 Å². The van der Waals surface area contributed by atoms with Crippen molar-refractivity contribution < 1.29 is 14.3 Å². The number of aromatic nitrogens is 4. The van der Waals surface area contributed by atoms with E-state index in [2.05, 4.69) is 20.4 Å². The molecule has 0 fully saturated rings. The number of pyridine rings is 1. The third kappa shape index (κ3) is 4.44. The topological polar surface area (TPSA) is 111 Å². The van der Waals surface area contributed by atoms with E-state index in [0.29, 0.717) is 28.5 Å². The first-order chi connectivity index (χ1) is 19.0. The van der Waals surface area contributed by atoms with E-state index in [4.69, 9.17) is 9.73 Å². The number of hydrogen-bond donors (Lipinski definition) is 1. The van der Waals surface area contributed by atoms with Crippen LogP contribution in [0, 0.1) is 6.92 Å². The van der Waals surface area contributed by atoms with Gasteiger partial charge in [-0.2, -0.15) is 5.10 Å². The Kier molecular flexibility index (Phi) is 6.16. The smallest absolute Gasteiger partial charge is 0.259 e. The second kappa shape index (κ2) is 9.94. The van der Waals surface area contributed by atoms with Crippen LogP contribution in [0.15, 0.2) is 90.2 Å². The molecule has 6 rings (SSSR count). The fourth-order valence-corrected chi connectivity index (χ4v) is 4.75. The standard InChI is InChI=1S/C30H24N6O3/c1-18-13-14-22(30(32-18)39-2)26-24(28-31-15-8-16-36(28)35-26)29(38)34-27-23(37)17-20-11-6-7-12-21(20)25(33-27)19-9-4-3-5-10-19/h3-16,27H,17H2,1-2H3,(H,34,38)/t27-/m1/s1. The molecule has 1 amide bonds. The van der Waals surface area contributed by atoms with Crippen molar-refractivity contribution in [2.75, 3.05) is 7.11 Å². The van der Waals surface area contributed by atoms with Gasteiger partial charge in [0, 0.05) is 35.6 Å². The molecular formula is C30H24N6O3. The van der Waals surface area contributed by atoms with Crippen LogP contribution >= 0.6 is 0 Å². The van der Waals surface area contributed by atoms with Crippen molar-refractivity contribution in [2.24, 2.45) is 4.99 Å². The molecule has 0 radical (unpaired) electrons. The molecule has 9 nitrogen and oxygen atoms in total. The maximum Gasteiger partial charge on any atom is 0.259 e. The zero-order valence-electron chi connectivity index (χ0n) is 21.3. The van der Waals surface area contributed by atoms with Gasteiger partial charge in [-0.05, 0) is 30.7 Å². The zero-order valence-corrected chi connectivity index (χ0v) is 21.3. The van der Waals surface area contributed by atoms with Crippen LogP contribution in [0.3, 0.4) is 0 Å². The first kappa shape index (κ1) is 24.2.